The van der Waals surface area contributed by atoms with Crippen molar-refractivity contribution < 1.29 is 32.4 Å². The van der Waals surface area contributed by atoms with E-state index in [4.69, 9.17) is 19.8 Å². The lowest BCUT2D eigenvalue weighted by molar-refractivity contribution is -0.139. The molecular weight excluding hydrogens is 426 g/mol. The molecule has 0 bridgehead atoms. The normalized spacial score (nSPS) is 12.2. The number of carbonyl (C=O) groups is 2. The van der Waals surface area contributed by atoms with E-state index in [1.165, 1.54) is 18.3 Å². The highest BCUT2D eigenvalue weighted by molar-refractivity contribution is 7.85. The number of benzene rings is 1. The number of alkyl carbamates (subject to hydrolysis) is 1. The van der Waals surface area contributed by atoms with Gasteiger partial charge in [0.2, 0.25) is 0 Å². The van der Waals surface area contributed by atoms with Crippen LogP contribution < -0.4 is 10.6 Å². The molecule has 1 atom stereocenters. The van der Waals surface area contributed by atoms with Gasteiger partial charge in [0.15, 0.2) is 0 Å². The molecule has 0 aliphatic carbocycles. The van der Waals surface area contributed by atoms with E-state index in [1.807, 2.05) is 6.92 Å². The van der Waals surface area contributed by atoms with Crippen molar-refractivity contribution in [2.24, 2.45) is 0 Å². The van der Waals surface area contributed by atoms with Crippen molar-refractivity contribution in [1.29, 1.82) is 5.41 Å². The molecule has 0 fully saturated rings. The largest absolute Gasteiger partial charge is 0.480 e. The standard InChI is InChI=1S/C13H25N3O4.C7H8O3S/c1-13(2,3)20-12(19)16-10(11(17)18)6-4-5-8-15-9-7-14;1-6-2-4-7(5-3-6)11(8,9)10/h7,10,14-15H,4-6,8-9H2,1-3H3,(H,16,19)(H,17,18);2-5H,1H3,(H,8,9,10). The molecule has 0 spiro atoms. The minimum Gasteiger partial charge on any atom is -0.480 e. The topological polar surface area (TPSA) is 166 Å². The number of hydrogen-bond donors (Lipinski definition) is 5. The number of ether oxygens (including phenoxy) is 1. The molecule has 0 radical (unpaired) electrons. The Kier molecular flexibility index (Phi) is 12.6. The molecule has 0 aliphatic rings. The number of rotatable bonds is 10. The summed E-state index contributed by atoms with van der Waals surface area (Å²) in [7, 11) is -4.02. The van der Waals surface area contributed by atoms with Crippen LogP contribution in [-0.4, -0.2) is 61.1 Å². The highest BCUT2D eigenvalue weighted by Gasteiger charge is 2.23. The lowest BCUT2D eigenvalue weighted by Crippen LogP contribution is -2.43. The molecule has 1 aromatic rings. The number of hydrogen-bond acceptors (Lipinski definition) is 7. The zero-order valence-electron chi connectivity index (χ0n) is 18.3. The van der Waals surface area contributed by atoms with E-state index in [0.717, 1.165) is 12.0 Å². The first-order chi connectivity index (χ1) is 14.3. The third kappa shape index (κ3) is 15.0. The zero-order valence-corrected chi connectivity index (χ0v) is 19.2. The van der Waals surface area contributed by atoms with Crippen LogP contribution in [0.5, 0.6) is 0 Å². The first kappa shape index (κ1) is 28.5. The lowest BCUT2D eigenvalue weighted by atomic mass is 10.1. The summed E-state index contributed by atoms with van der Waals surface area (Å²) in [5.41, 5.74) is 0.307. The molecule has 176 valence electrons. The Hall–Kier alpha value is -2.50. The van der Waals surface area contributed by atoms with E-state index >= 15 is 0 Å². The maximum Gasteiger partial charge on any atom is 0.408 e. The first-order valence-corrected chi connectivity index (χ1v) is 11.2. The van der Waals surface area contributed by atoms with Crippen LogP contribution in [0.25, 0.3) is 0 Å². The van der Waals surface area contributed by atoms with E-state index in [2.05, 4.69) is 10.6 Å². The third-order valence-corrected chi connectivity index (χ3v) is 4.52. The van der Waals surface area contributed by atoms with E-state index in [9.17, 15) is 18.0 Å². The molecule has 11 heteroatoms. The van der Waals surface area contributed by atoms with E-state index in [-0.39, 0.29) is 4.90 Å². The van der Waals surface area contributed by atoms with Crippen molar-refractivity contribution in [2.45, 2.75) is 63.5 Å². The maximum absolute atomic E-state index is 11.5. The van der Waals surface area contributed by atoms with Crippen molar-refractivity contribution >= 4 is 28.4 Å². The number of nitrogens with one attached hydrogen (secondary N) is 3. The van der Waals surface area contributed by atoms with Gasteiger partial charge < -0.3 is 25.9 Å². The van der Waals surface area contributed by atoms with Gasteiger partial charge in [-0.05, 0) is 65.6 Å². The first-order valence-electron chi connectivity index (χ1n) is 9.72. The minimum absolute atomic E-state index is 0.0666. The summed E-state index contributed by atoms with van der Waals surface area (Å²) in [6.07, 6.45) is 2.35. The monoisotopic (exact) mass is 459 g/mol. The second-order valence-corrected chi connectivity index (χ2v) is 9.15. The van der Waals surface area contributed by atoms with Gasteiger partial charge in [0.05, 0.1) is 4.90 Å². The van der Waals surface area contributed by atoms with Crippen LogP contribution in [0.4, 0.5) is 4.79 Å². The number of carbonyl (C=O) groups excluding carboxylic acids is 1. The molecule has 1 amide bonds. The second-order valence-electron chi connectivity index (χ2n) is 7.73. The van der Waals surface area contributed by atoms with Crippen molar-refractivity contribution in [3.05, 3.63) is 29.8 Å². The van der Waals surface area contributed by atoms with E-state index < -0.39 is 33.8 Å². The minimum atomic E-state index is -4.02. The van der Waals surface area contributed by atoms with Crippen molar-refractivity contribution in [3.8, 4) is 0 Å². The predicted molar refractivity (Wildman–Crippen MR) is 117 cm³/mol. The smallest absolute Gasteiger partial charge is 0.408 e. The fraction of sp³-hybridized carbons (Fsp3) is 0.550. The number of unbranched alkanes of at least 4 members (excludes halogenated alkanes) is 1. The van der Waals surface area contributed by atoms with E-state index in [1.54, 1.807) is 32.9 Å². The number of amides is 1. The Morgan fingerprint density at radius 1 is 1.19 bits per heavy atom. The van der Waals surface area contributed by atoms with Gasteiger partial charge in [-0.2, -0.15) is 8.42 Å². The molecule has 0 aliphatic heterocycles. The van der Waals surface area contributed by atoms with Gasteiger partial charge in [-0.25, -0.2) is 9.59 Å². The molecule has 10 nitrogen and oxygen atoms in total. The Labute approximate surface area is 183 Å². The van der Waals surface area contributed by atoms with Crippen LogP contribution in [0.3, 0.4) is 0 Å². The van der Waals surface area contributed by atoms with Crippen LogP contribution >= 0.6 is 0 Å². The van der Waals surface area contributed by atoms with Crippen molar-refractivity contribution in [2.75, 3.05) is 13.1 Å². The molecular formula is C20H33N3O7S. The highest BCUT2D eigenvalue weighted by Crippen LogP contribution is 2.09. The van der Waals surface area contributed by atoms with Gasteiger partial charge in [-0.1, -0.05) is 17.7 Å². The van der Waals surface area contributed by atoms with Crippen LogP contribution in [0.1, 0.15) is 45.6 Å². The third-order valence-electron chi connectivity index (χ3n) is 3.65. The number of carboxylic acid groups (broad SMARTS) is 1. The average molecular weight is 460 g/mol. The van der Waals surface area contributed by atoms with Crippen LogP contribution in [0.2, 0.25) is 0 Å². The molecule has 1 unspecified atom stereocenters. The Morgan fingerprint density at radius 3 is 2.23 bits per heavy atom. The fourth-order valence-corrected chi connectivity index (χ4v) is 2.67. The lowest BCUT2D eigenvalue weighted by Gasteiger charge is -2.22. The second kappa shape index (κ2) is 13.7. The highest BCUT2D eigenvalue weighted by atomic mass is 32.2. The fourth-order valence-electron chi connectivity index (χ4n) is 2.19. The van der Waals surface area contributed by atoms with Gasteiger partial charge >= 0.3 is 12.1 Å². The molecule has 31 heavy (non-hydrogen) atoms. The summed E-state index contributed by atoms with van der Waals surface area (Å²) in [5.74, 6) is -1.07. The summed E-state index contributed by atoms with van der Waals surface area (Å²) in [5, 5.41) is 21.2. The van der Waals surface area contributed by atoms with Crippen LogP contribution in [0, 0.1) is 12.3 Å². The Balaban J connectivity index is 0.000000683. The van der Waals surface area contributed by atoms with Gasteiger partial charge in [0.25, 0.3) is 10.1 Å². The average Bonchev–Trinajstić information content (AvgIpc) is 2.62. The molecule has 0 heterocycles. The van der Waals surface area contributed by atoms with Gasteiger partial charge in [0, 0.05) is 12.8 Å². The number of aliphatic carboxylic acids is 1. The summed E-state index contributed by atoms with van der Waals surface area (Å²) in [6, 6.07) is 5.05. The van der Waals surface area contributed by atoms with Crippen LogP contribution in [0.15, 0.2) is 29.2 Å². The Bertz CT molecular complexity index is 803. The molecule has 0 saturated heterocycles. The van der Waals surface area contributed by atoms with Gasteiger partial charge in [-0.15, -0.1) is 0 Å². The maximum atomic E-state index is 11.5. The summed E-state index contributed by atoms with van der Waals surface area (Å²) in [6.45, 7) is 8.23. The Morgan fingerprint density at radius 2 is 1.77 bits per heavy atom. The quantitative estimate of drug-likeness (QED) is 0.202. The van der Waals surface area contributed by atoms with Crippen molar-refractivity contribution in [3.63, 3.8) is 0 Å². The molecule has 0 aromatic heterocycles. The molecule has 0 saturated carbocycles. The zero-order chi connectivity index (χ0) is 24.1. The van der Waals surface area contributed by atoms with Gasteiger partial charge in [0.1, 0.15) is 11.6 Å². The summed E-state index contributed by atoms with van der Waals surface area (Å²) >= 11 is 0. The van der Waals surface area contributed by atoms with E-state index in [0.29, 0.717) is 25.9 Å². The predicted octanol–water partition coefficient (Wildman–Crippen LogP) is 2.62. The SMILES string of the molecule is CC(C)(C)OC(=O)NC(CCCCNCC=N)C(=O)O.Cc1ccc(S(=O)(=O)O)cc1. The molecule has 1 rings (SSSR count). The van der Waals surface area contributed by atoms with Crippen LogP contribution in [-0.2, 0) is 19.6 Å². The van der Waals surface area contributed by atoms with Crippen molar-refractivity contribution in [1.82, 2.24) is 10.6 Å². The van der Waals surface area contributed by atoms with Gasteiger partial charge in [-0.3, -0.25) is 4.55 Å². The molecule has 5 N–H and O–H groups in total. The molecule has 1 aromatic carbocycles. The number of aryl methyl sites for hydroxylation is 1. The summed E-state index contributed by atoms with van der Waals surface area (Å²) in [4.78, 5) is 22.5. The summed E-state index contributed by atoms with van der Waals surface area (Å²) < 4.78 is 34.6. The number of carboxylic acids is 1.